The highest BCUT2D eigenvalue weighted by atomic mass is 32.2. The van der Waals surface area contributed by atoms with Crippen LogP contribution < -0.4 is 5.32 Å². The number of aromatic nitrogens is 2. The van der Waals surface area contributed by atoms with Gasteiger partial charge in [0.05, 0.1) is 0 Å². The van der Waals surface area contributed by atoms with E-state index in [1.807, 2.05) is 42.5 Å². The lowest BCUT2D eigenvalue weighted by molar-refractivity contribution is 0.102. The predicted octanol–water partition coefficient (Wildman–Crippen LogP) is 5.58. The summed E-state index contributed by atoms with van der Waals surface area (Å²) in [4.78, 5) is 13.6. The number of benzene rings is 2. The van der Waals surface area contributed by atoms with Gasteiger partial charge in [-0.15, -0.1) is 22.0 Å². The zero-order valence-electron chi connectivity index (χ0n) is 14.3. The van der Waals surface area contributed by atoms with E-state index in [0.29, 0.717) is 10.7 Å². The largest absolute Gasteiger partial charge is 0.296 e. The Labute approximate surface area is 165 Å². The number of hydrogen-bond donors (Lipinski definition) is 1. The summed E-state index contributed by atoms with van der Waals surface area (Å²) in [7, 11) is 0. The number of nitrogens with zero attached hydrogens (tertiary/aromatic N) is 2. The van der Waals surface area contributed by atoms with Gasteiger partial charge in [-0.05, 0) is 36.2 Å². The van der Waals surface area contributed by atoms with E-state index in [0.717, 1.165) is 22.3 Å². The van der Waals surface area contributed by atoms with Crippen LogP contribution >= 0.6 is 34.9 Å². The van der Waals surface area contributed by atoms with Crippen molar-refractivity contribution in [2.45, 2.75) is 28.3 Å². The van der Waals surface area contributed by atoms with Crippen LogP contribution in [0.2, 0.25) is 0 Å². The van der Waals surface area contributed by atoms with Crippen molar-refractivity contribution in [2.75, 3.05) is 11.1 Å². The van der Waals surface area contributed by atoms with Crippen LogP contribution in [0.5, 0.6) is 0 Å². The van der Waals surface area contributed by atoms with Crippen molar-refractivity contribution in [2.24, 2.45) is 0 Å². The van der Waals surface area contributed by atoms with Crippen LogP contribution in [0.3, 0.4) is 0 Å². The Kier molecular flexibility index (Phi) is 7.11. The van der Waals surface area contributed by atoms with Crippen molar-refractivity contribution in [3.8, 4) is 0 Å². The first kappa shape index (κ1) is 18.9. The molecule has 1 N–H and O–H groups in total. The van der Waals surface area contributed by atoms with E-state index in [2.05, 4.69) is 34.6 Å². The standard InChI is InChI=1S/C19H19N3OS3/c1-2-12-24-19-22-21-18(26-19)20-17(23)15-10-8-14(9-11-15)13-25-16-6-4-3-5-7-16/h3-11H,2,12-13H2,1H3,(H,20,21,23). The van der Waals surface area contributed by atoms with Gasteiger partial charge < -0.3 is 0 Å². The highest BCUT2D eigenvalue weighted by Gasteiger charge is 2.10. The molecule has 0 saturated carbocycles. The molecule has 1 aromatic heterocycles. The molecular weight excluding hydrogens is 382 g/mol. The van der Waals surface area contributed by atoms with E-state index in [-0.39, 0.29) is 5.91 Å². The monoisotopic (exact) mass is 401 g/mol. The summed E-state index contributed by atoms with van der Waals surface area (Å²) in [5.74, 6) is 1.72. The number of rotatable bonds is 8. The van der Waals surface area contributed by atoms with Crippen LogP contribution in [-0.4, -0.2) is 21.9 Å². The molecule has 3 rings (SSSR count). The molecule has 1 amide bonds. The molecule has 0 bridgehead atoms. The molecule has 0 fully saturated rings. The average molecular weight is 402 g/mol. The van der Waals surface area contributed by atoms with Gasteiger partial charge in [-0.25, -0.2) is 0 Å². The Hall–Kier alpha value is -1.83. The van der Waals surface area contributed by atoms with Crippen molar-refractivity contribution < 1.29 is 4.79 Å². The smallest absolute Gasteiger partial charge is 0.257 e. The Morgan fingerprint density at radius 3 is 2.54 bits per heavy atom. The Bertz CT molecular complexity index is 835. The van der Waals surface area contributed by atoms with Crippen LogP contribution in [0.15, 0.2) is 63.8 Å². The van der Waals surface area contributed by atoms with E-state index in [1.54, 1.807) is 23.5 Å². The van der Waals surface area contributed by atoms with E-state index in [1.165, 1.54) is 21.8 Å². The van der Waals surface area contributed by atoms with Gasteiger partial charge >= 0.3 is 0 Å². The molecule has 0 aliphatic heterocycles. The van der Waals surface area contributed by atoms with Gasteiger partial charge in [-0.2, -0.15) is 0 Å². The SMILES string of the molecule is CCCSc1nnc(NC(=O)c2ccc(CSc3ccccc3)cc2)s1. The minimum absolute atomic E-state index is 0.157. The predicted molar refractivity (Wildman–Crippen MR) is 111 cm³/mol. The first-order valence-corrected chi connectivity index (χ1v) is 11.1. The maximum Gasteiger partial charge on any atom is 0.257 e. The van der Waals surface area contributed by atoms with Gasteiger partial charge in [0, 0.05) is 22.0 Å². The average Bonchev–Trinajstić information content (AvgIpc) is 3.13. The summed E-state index contributed by atoms with van der Waals surface area (Å²) in [6, 6.07) is 18.0. The van der Waals surface area contributed by atoms with Crippen LogP contribution in [-0.2, 0) is 5.75 Å². The third kappa shape index (κ3) is 5.59. The second-order valence-corrected chi connectivity index (χ2v) is 8.84. The van der Waals surface area contributed by atoms with Gasteiger partial charge in [0.15, 0.2) is 4.34 Å². The molecule has 0 aliphatic carbocycles. The number of hydrogen-bond acceptors (Lipinski definition) is 6. The first-order valence-electron chi connectivity index (χ1n) is 8.29. The molecule has 0 unspecified atom stereocenters. The van der Waals surface area contributed by atoms with E-state index >= 15 is 0 Å². The van der Waals surface area contributed by atoms with Crippen LogP contribution in [0, 0.1) is 0 Å². The fraction of sp³-hybridized carbons (Fsp3) is 0.211. The van der Waals surface area contributed by atoms with Crippen molar-refractivity contribution in [3.05, 3.63) is 65.7 Å². The molecule has 0 aliphatic rings. The molecule has 26 heavy (non-hydrogen) atoms. The van der Waals surface area contributed by atoms with Gasteiger partial charge in [-0.3, -0.25) is 10.1 Å². The van der Waals surface area contributed by atoms with Crippen LogP contribution in [0.1, 0.15) is 29.3 Å². The molecule has 4 nitrogen and oxygen atoms in total. The van der Waals surface area contributed by atoms with Crippen LogP contribution in [0.25, 0.3) is 0 Å². The summed E-state index contributed by atoms with van der Waals surface area (Å²) in [6.45, 7) is 2.12. The number of nitrogens with one attached hydrogen (secondary N) is 1. The minimum atomic E-state index is -0.157. The van der Waals surface area contributed by atoms with Gasteiger partial charge in [0.25, 0.3) is 5.91 Å². The quantitative estimate of drug-likeness (QED) is 0.394. The highest BCUT2D eigenvalue weighted by molar-refractivity contribution is 8.01. The summed E-state index contributed by atoms with van der Waals surface area (Å²) in [6.07, 6.45) is 1.08. The Morgan fingerprint density at radius 2 is 1.81 bits per heavy atom. The first-order chi connectivity index (χ1) is 12.7. The molecular formula is C19H19N3OS3. The lowest BCUT2D eigenvalue weighted by Gasteiger charge is -2.04. The third-order valence-corrected chi connectivity index (χ3v) is 6.68. The summed E-state index contributed by atoms with van der Waals surface area (Å²) >= 11 is 4.85. The van der Waals surface area contributed by atoms with Gasteiger partial charge in [0.1, 0.15) is 0 Å². The normalized spacial score (nSPS) is 10.7. The molecule has 0 atom stereocenters. The number of thioether (sulfide) groups is 2. The number of anilines is 1. The fourth-order valence-electron chi connectivity index (χ4n) is 2.11. The molecule has 2 aromatic carbocycles. The van der Waals surface area contributed by atoms with E-state index < -0.39 is 0 Å². The number of carbonyl (C=O) groups is 1. The zero-order valence-corrected chi connectivity index (χ0v) is 16.8. The molecule has 3 aromatic rings. The van der Waals surface area contributed by atoms with Crippen molar-refractivity contribution in [1.29, 1.82) is 0 Å². The Balaban J connectivity index is 1.54. The van der Waals surface area contributed by atoms with Crippen molar-refractivity contribution in [3.63, 3.8) is 0 Å². The minimum Gasteiger partial charge on any atom is -0.296 e. The molecule has 7 heteroatoms. The molecule has 0 saturated heterocycles. The molecule has 134 valence electrons. The summed E-state index contributed by atoms with van der Waals surface area (Å²) in [5.41, 5.74) is 1.81. The fourth-order valence-corrected chi connectivity index (χ4v) is 4.66. The van der Waals surface area contributed by atoms with Gasteiger partial charge in [-0.1, -0.05) is 60.4 Å². The molecule has 0 spiro atoms. The summed E-state index contributed by atoms with van der Waals surface area (Å²) in [5, 5.41) is 11.5. The van der Waals surface area contributed by atoms with Gasteiger partial charge in [0.2, 0.25) is 5.13 Å². The number of carbonyl (C=O) groups excluding carboxylic acids is 1. The second-order valence-electron chi connectivity index (χ2n) is 5.47. The maximum absolute atomic E-state index is 12.3. The second kappa shape index (κ2) is 9.75. The summed E-state index contributed by atoms with van der Waals surface area (Å²) < 4.78 is 0.885. The number of amides is 1. The van der Waals surface area contributed by atoms with E-state index in [9.17, 15) is 4.79 Å². The van der Waals surface area contributed by atoms with Crippen LogP contribution in [0.4, 0.5) is 5.13 Å². The third-order valence-electron chi connectivity index (χ3n) is 3.42. The van der Waals surface area contributed by atoms with Crippen molar-refractivity contribution in [1.82, 2.24) is 10.2 Å². The maximum atomic E-state index is 12.3. The Morgan fingerprint density at radius 1 is 1.04 bits per heavy atom. The molecule has 1 heterocycles. The zero-order chi connectivity index (χ0) is 18.2. The molecule has 0 radical (unpaired) electrons. The van der Waals surface area contributed by atoms with Crippen molar-refractivity contribution >= 4 is 45.9 Å². The van der Waals surface area contributed by atoms with E-state index in [4.69, 9.17) is 0 Å². The lowest BCUT2D eigenvalue weighted by Crippen LogP contribution is -2.11. The highest BCUT2D eigenvalue weighted by Crippen LogP contribution is 2.26. The topological polar surface area (TPSA) is 54.9 Å². The lowest BCUT2D eigenvalue weighted by atomic mass is 10.1.